The van der Waals surface area contributed by atoms with Gasteiger partial charge in [-0.25, -0.2) is 0 Å². The quantitative estimate of drug-likeness (QED) is 0.631. The van der Waals surface area contributed by atoms with Crippen LogP contribution in [0.3, 0.4) is 0 Å². The average Bonchev–Trinajstić information content (AvgIpc) is 2.91. The van der Waals surface area contributed by atoms with E-state index in [1.165, 1.54) is 4.57 Å². The highest BCUT2D eigenvalue weighted by Crippen LogP contribution is 2.15. The largest absolute Gasteiger partial charge is 0.317 e. The number of H-pyrrole nitrogens is 2. The first kappa shape index (κ1) is 12.3. The third-order valence-electron chi connectivity index (χ3n) is 3.28. The number of benzene rings is 1. The lowest BCUT2D eigenvalue weighted by Crippen LogP contribution is -2.36. The number of rotatable bonds is 2. The number of tetrazole rings is 1. The molecule has 102 valence electrons. The molecule has 3 aromatic rings. The number of aromatic amines is 2. The summed E-state index contributed by atoms with van der Waals surface area (Å²) in [6.07, 6.45) is 0. The summed E-state index contributed by atoms with van der Waals surface area (Å²) in [7, 11) is 0. The molecule has 0 unspecified atom stereocenters. The van der Waals surface area contributed by atoms with Crippen LogP contribution in [0.2, 0.25) is 0 Å². The van der Waals surface area contributed by atoms with E-state index in [4.69, 9.17) is 0 Å². The monoisotopic (exact) mass is 272 g/mol. The molecule has 0 aliphatic rings. The van der Waals surface area contributed by atoms with Crippen LogP contribution in [0.1, 0.15) is 17.0 Å². The molecule has 0 amide bonds. The molecule has 8 nitrogen and oxygen atoms in total. The highest BCUT2D eigenvalue weighted by Gasteiger charge is 2.11. The van der Waals surface area contributed by atoms with Crippen molar-refractivity contribution in [2.45, 2.75) is 20.4 Å². The van der Waals surface area contributed by atoms with Crippen LogP contribution in [0.15, 0.2) is 21.7 Å². The third-order valence-corrected chi connectivity index (χ3v) is 3.28. The van der Waals surface area contributed by atoms with Gasteiger partial charge in [0.25, 0.3) is 0 Å². The van der Waals surface area contributed by atoms with Crippen molar-refractivity contribution < 1.29 is 0 Å². The standard InChI is InChI=1S/C12H12N6O2/c1-6-3-8-9(4-7(6)2)18(12(20)11(19)13-8)5-10-14-16-17-15-10/h3-4H,5H2,1-2H3,(H,13,19)(H,14,15,16,17). The minimum atomic E-state index is -0.663. The van der Waals surface area contributed by atoms with Crippen LogP contribution >= 0.6 is 0 Å². The van der Waals surface area contributed by atoms with Crippen molar-refractivity contribution in [3.8, 4) is 0 Å². The van der Waals surface area contributed by atoms with Gasteiger partial charge in [0.05, 0.1) is 17.6 Å². The molecule has 0 bridgehead atoms. The maximum absolute atomic E-state index is 12.0. The van der Waals surface area contributed by atoms with Crippen LogP contribution in [0.25, 0.3) is 11.0 Å². The van der Waals surface area contributed by atoms with Gasteiger partial charge in [-0.1, -0.05) is 5.21 Å². The maximum Gasteiger partial charge on any atom is 0.317 e. The molecule has 0 spiro atoms. The Morgan fingerprint density at radius 1 is 1.20 bits per heavy atom. The Balaban J connectivity index is 2.33. The van der Waals surface area contributed by atoms with E-state index >= 15 is 0 Å². The second-order valence-electron chi connectivity index (χ2n) is 4.63. The van der Waals surface area contributed by atoms with Gasteiger partial charge in [0.1, 0.15) is 0 Å². The number of aryl methyl sites for hydroxylation is 2. The Hall–Kier alpha value is -2.77. The molecule has 0 aliphatic heterocycles. The van der Waals surface area contributed by atoms with Gasteiger partial charge in [-0.3, -0.25) is 14.2 Å². The Morgan fingerprint density at radius 3 is 2.65 bits per heavy atom. The SMILES string of the molecule is Cc1cc2[nH]c(=O)c(=O)n(Cc3nn[nH]n3)c2cc1C. The first-order chi connectivity index (χ1) is 9.56. The summed E-state index contributed by atoms with van der Waals surface area (Å²) in [6.45, 7) is 3.99. The highest BCUT2D eigenvalue weighted by molar-refractivity contribution is 5.76. The lowest BCUT2D eigenvalue weighted by molar-refractivity contribution is 0.731. The second kappa shape index (κ2) is 4.41. The average molecular weight is 272 g/mol. The van der Waals surface area contributed by atoms with E-state index < -0.39 is 11.1 Å². The van der Waals surface area contributed by atoms with Crippen molar-refractivity contribution in [3.05, 3.63) is 49.8 Å². The van der Waals surface area contributed by atoms with E-state index in [1.54, 1.807) is 0 Å². The molecule has 0 radical (unpaired) electrons. The van der Waals surface area contributed by atoms with Crippen LogP contribution in [0, 0.1) is 13.8 Å². The summed E-state index contributed by atoms with van der Waals surface area (Å²) in [4.78, 5) is 26.4. The summed E-state index contributed by atoms with van der Waals surface area (Å²) in [5.74, 6) is 0.345. The van der Waals surface area contributed by atoms with Gasteiger partial charge < -0.3 is 4.98 Å². The van der Waals surface area contributed by atoms with Crippen molar-refractivity contribution in [1.29, 1.82) is 0 Å². The molecule has 0 saturated carbocycles. The number of nitrogens with one attached hydrogen (secondary N) is 2. The summed E-state index contributed by atoms with van der Waals surface area (Å²) in [6, 6.07) is 3.71. The van der Waals surface area contributed by atoms with E-state index in [9.17, 15) is 9.59 Å². The fourth-order valence-electron chi connectivity index (χ4n) is 2.08. The Bertz CT molecular complexity index is 891. The summed E-state index contributed by atoms with van der Waals surface area (Å²) >= 11 is 0. The van der Waals surface area contributed by atoms with E-state index in [0.717, 1.165) is 11.1 Å². The molecule has 2 aromatic heterocycles. The number of hydrogen-bond donors (Lipinski definition) is 2. The molecule has 3 rings (SSSR count). The molecule has 0 fully saturated rings. The van der Waals surface area contributed by atoms with E-state index in [-0.39, 0.29) is 6.54 Å². The lowest BCUT2D eigenvalue weighted by atomic mass is 10.1. The number of hydrogen-bond acceptors (Lipinski definition) is 5. The maximum atomic E-state index is 12.0. The Labute approximate surface area is 112 Å². The molecule has 1 aromatic carbocycles. The smallest absolute Gasteiger partial charge is 0.316 e. The molecule has 0 atom stereocenters. The van der Waals surface area contributed by atoms with Gasteiger partial charge in [-0.15, -0.1) is 10.2 Å². The molecule has 2 N–H and O–H groups in total. The van der Waals surface area contributed by atoms with Crippen molar-refractivity contribution in [2.24, 2.45) is 0 Å². The zero-order valence-corrected chi connectivity index (χ0v) is 11.0. The molecular weight excluding hydrogens is 260 g/mol. The first-order valence-electron chi connectivity index (χ1n) is 6.02. The van der Waals surface area contributed by atoms with Crippen LogP contribution in [-0.4, -0.2) is 30.2 Å². The van der Waals surface area contributed by atoms with Gasteiger partial charge in [0.15, 0.2) is 5.82 Å². The zero-order chi connectivity index (χ0) is 14.3. The van der Waals surface area contributed by atoms with Crippen molar-refractivity contribution in [1.82, 2.24) is 30.2 Å². The number of aromatic nitrogens is 6. The predicted molar refractivity (Wildman–Crippen MR) is 71.6 cm³/mol. The zero-order valence-electron chi connectivity index (χ0n) is 11.0. The minimum Gasteiger partial charge on any atom is -0.316 e. The summed E-state index contributed by atoms with van der Waals surface area (Å²) in [5.41, 5.74) is 2.03. The van der Waals surface area contributed by atoms with E-state index in [1.807, 2.05) is 26.0 Å². The van der Waals surface area contributed by atoms with Crippen LogP contribution in [0.5, 0.6) is 0 Å². The lowest BCUT2D eigenvalue weighted by Gasteiger charge is -2.09. The Morgan fingerprint density at radius 2 is 1.95 bits per heavy atom. The van der Waals surface area contributed by atoms with Crippen LogP contribution < -0.4 is 11.1 Å². The van der Waals surface area contributed by atoms with Gasteiger partial charge >= 0.3 is 11.1 Å². The fourth-order valence-corrected chi connectivity index (χ4v) is 2.08. The molecule has 0 aliphatic carbocycles. The summed E-state index contributed by atoms with van der Waals surface area (Å²) < 4.78 is 1.35. The van der Waals surface area contributed by atoms with Crippen LogP contribution in [-0.2, 0) is 6.54 Å². The Kier molecular flexibility index (Phi) is 2.70. The molecular formula is C12H12N6O2. The highest BCUT2D eigenvalue weighted by atomic mass is 16.2. The first-order valence-corrected chi connectivity index (χ1v) is 6.02. The molecule has 8 heteroatoms. The molecule has 20 heavy (non-hydrogen) atoms. The second-order valence-corrected chi connectivity index (χ2v) is 4.63. The van der Waals surface area contributed by atoms with Gasteiger partial charge in [-0.2, -0.15) is 5.21 Å². The topological polar surface area (TPSA) is 109 Å². The number of nitrogens with zero attached hydrogens (tertiary/aromatic N) is 4. The fraction of sp³-hybridized carbons (Fsp3) is 0.250. The van der Waals surface area contributed by atoms with Crippen molar-refractivity contribution >= 4 is 11.0 Å². The predicted octanol–water partition coefficient (Wildman–Crippen LogP) is -0.132. The summed E-state index contributed by atoms with van der Waals surface area (Å²) in [5, 5.41) is 13.4. The van der Waals surface area contributed by atoms with Crippen LogP contribution in [0.4, 0.5) is 0 Å². The minimum absolute atomic E-state index is 0.0955. The van der Waals surface area contributed by atoms with E-state index in [2.05, 4.69) is 25.6 Å². The van der Waals surface area contributed by atoms with Gasteiger partial charge in [-0.05, 0) is 37.1 Å². The van der Waals surface area contributed by atoms with Gasteiger partial charge in [0.2, 0.25) is 0 Å². The number of fused-ring (bicyclic) bond motifs is 1. The third kappa shape index (κ3) is 1.91. The van der Waals surface area contributed by atoms with Crippen molar-refractivity contribution in [3.63, 3.8) is 0 Å². The van der Waals surface area contributed by atoms with Crippen molar-refractivity contribution in [2.75, 3.05) is 0 Å². The molecule has 0 saturated heterocycles. The normalized spacial score (nSPS) is 11.1. The molecule has 2 heterocycles. The van der Waals surface area contributed by atoms with E-state index in [0.29, 0.717) is 16.9 Å². The van der Waals surface area contributed by atoms with Gasteiger partial charge in [0, 0.05) is 0 Å².